The molecule has 0 heterocycles. The number of unbranched alkanes of at least 4 members (excludes halogenated alkanes) is 2. The quantitative estimate of drug-likeness (QED) is 0.0622. The first-order valence-corrected chi connectivity index (χ1v) is 39.8. The van der Waals surface area contributed by atoms with Gasteiger partial charge in [0.15, 0.2) is 0 Å². The van der Waals surface area contributed by atoms with Gasteiger partial charge in [-0.15, -0.1) is 0 Å². The molecule has 112 heavy (non-hydrogen) atoms. The van der Waals surface area contributed by atoms with E-state index in [1.807, 2.05) is 0 Å². The zero-order valence-corrected chi connectivity index (χ0v) is 68.1. The van der Waals surface area contributed by atoms with Crippen molar-refractivity contribution in [2.45, 2.75) is 132 Å². The fraction of sp³-hybridized carbons (Fsp3) is 0.231. The molecule has 16 aromatic carbocycles. The summed E-state index contributed by atoms with van der Waals surface area (Å²) in [6, 6.07) is 98.3. The third-order valence-corrected chi connectivity index (χ3v) is 22.6. The first-order chi connectivity index (χ1) is 54.2. The minimum absolute atomic E-state index is 0.136. The van der Waals surface area contributed by atoms with Crippen LogP contribution >= 0.6 is 0 Å². The molecule has 0 N–H and O–H groups in total. The van der Waals surface area contributed by atoms with Crippen LogP contribution in [0, 0.1) is 27.7 Å². The second kappa shape index (κ2) is 31.4. The van der Waals surface area contributed by atoms with Crippen molar-refractivity contribution in [1.82, 2.24) is 0 Å². The van der Waals surface area contributed by atoms with E-state index in [-0.39, 0.29) is 10.8 Å². The van der Waals surface area contributed by atoms with Gasteiger partial charge < -0.3 is 38.5 Å². The molecule has 16 rings (SSSR count). The van der Waals surface area contributed by atoms with E-state index in [4.69, 9.17) is 18.9 Å². The van der Waals surface area contributed by atoms with Crippen LogP contribution in [0.5, 0.6) is 23.0 Å². The Morgan fingerprint density at radius 2 is 0.438 bits per heavy atom. The molecule has 0 saturated carbocycles. The molecule has 0 bridgehead atoms. The fourth-order valence-corrected chi connectivity index (χ4v) is 16.6. The molecule has 0 atom stereocenters. The van der Waals surface area contributed by atoms with Crippen LogP contribution in [0.1, 0.15) is 126 Å². The van der Waals surface area contributed by atoms with E-state index >= 15 is 0 Å². The van der Waals surface area contributed by atoms with Gasteiger partial charge in [-0.25, -0.2) is 0 Å². The molecule has 0 saturated heterocycles. The van der Waals surface area contributed by atoms with E-state index in [0.717, 1.165) is 118 Å². The topological polar surface area (TPSA) is 49.9 Å². The van der Waals surface area contributed by atoms with Crippen molar-refractivity contribution in [3.05, 3.63) is 311 Å². The van der Waals surface area contributed by atoms with E-state index in [1.165, 1.54) is 121 Å². The van der Waals surface area contributed by atoms with E-state index in [0.29, 0.717) is 0 Å². The zero-order chi connectivity index (χ0) is 78.3. The lowest BCUT2D eigenvalue weighted by Gasteiger charge is -2.33. The highest BCUT2D eigenvalue weighted by molar-refractivity contribution is 6.31. The lowest BCUT2D eigenvalue weighted by atomic mass is 9.77. The van der Waals surface area contributed by atoms with Crippen molar-refractivity contribution >= 4 is 133 Å². The molecule has 564 valence electrons. The van der Waals surface area contributed by atoms with Gasteiger partial charge in [-0.2, -0.15) is 0 Å². The predicted octanol–water partition coefficient (Wildman–Crippen LogP) is 29.6. The number of anilines is 12. The van der Waals surface area contributed by atoms with Gasteiger partial charge in [-0.05, 0) is 299 Å². The maximum Gasteiger partial charge on any atom is 0.119 e. The van der Waals surface area contributed by atoms with Gasteiger partial charge in [0.25, 0.3) is 0 Å². The summed E-state index contributed by atoms with van der Waals surface area (Å²) in [5, 5.41) is 15.5. The molecular formula is C104H104N4O4. The molecule has 0 unspecified atom stereocenters. The summed E-state index contributed by atoms with van der Waals surface area (Å²) in [5.74, 6) is 3.36. The summed E-state index contributed by atoms with van der Waals surface area (Å²) in [6.45, 7) is 27.2. The van der Waals surface area contributed by atoms with Crippen LogP contribution in [0.4, 0.5) is 68.2 Å². The van der Waals surface area contributed by atoms with Crippen molar-refractivity contribution in [3.63, 3.8) is 0 Å². The normalized spacial score (nSPS) is 11.8. The molecule has 0 aliphatic heterocycles. The average Bonchev–Trinajstić information content (AvgIpc) is 0.702. The van der Waals surface area contributed by atoms with Crippen LogP contribution < -0.4 is 38.5 Å². The number of methoxy groups -OCH3 is 4. The highest BCUT2D eigenvalue weighted by Gasteiger charge is 2.31. The average molecular weight is 1470 g/mol. The molecule has 0 aliphatic carbocycles. The summed E-state index contributed by atoms with van der Waals surface area (Å²) >= 11 is 0. The Kier molecular flexibility index (Phi) is 21.1. The molecule has 0 spiro atoms. The molecular weight excluding hydrogens is 1370 g/mol. The van der Waals surface area contributed by atoms with Gasteiger partial charge in [0.05, 0.1) is 51.2 Å². The minimum Gasteiger partial charge on any atom is -0.497 e. The SMILES string of the molecule is CCCCc1cc(N(c2ccc(C)cc2)c2ccc(OC)cc2)c2ccc3c(CCCC)cc(N(c4ccc(C)cc4)c4ccc(OC)cc4)c4ccc1c2c34.COc1ccc(N(c2ccc(C)cc2)c2cc(C(C)(C)C)c3ccc4c(N(c5ccc(C)cc5)c5ccc(OC)cc5)cc(C(C)(C)C)c5ccc2c3c45)cc1. The first-order valence-electron chi connectivity index (χ1n) is 39.8. The Hall–Kier alpha value is -12.0. The van der Waals surface area contributed by atoms with Crippen molar-refractivity contribution in [3.8, 4) is 23.0 Å². The maximum atomic E-state index is 5.61. The largest absolute Gasteiger partial charge is 0.497 e. The van der Waals surface area contributed by atoms with Crippen LogP contribution in [0.25, 0.3) is 64.6 Å². The lowest BCUT2D eigenvalue weighted by molar-refractivity contribution is 0.414. The number of hydrogen-bond acceptors (Lipinski definition) is 8. The number of benzene rings is 16. The monoisotopic (exact) mass is 1470 g/mol. The zero-order valence-electron chi connectivity index (χ0n) is 68.1. The van der Waals surface area contributed by atoms with Crippen LogP contribution in [0.15, 0.2) is 267 Å². The smallest absolute Gasteiger partial charge is 0.119 e. The Labute approximate surface area is 662 Å². The Bertz CT molecular complexity index is 5610. The molecule has 0 aromatic heterocycles. The van der Waals surface area contributed by atoms with Gasteiger partial charge in [0.2, 0.25) is 0 Å². The third-order valence-electron chi connectivity index (χ3n) is 22.6. The highest BCUT2D eigenvalue weighted by atomic mass is 16.5. The van der Waals surface area contributed by atoms with Crippen molar-refractivity contribution in [1.29, 1.82) is 0 Å². The second-order valence-corrected chi connectivity index (χ2v) is 32.3. The summed E-state index contributed by atoms with van der Waals surface area (Å²) < 4.78 is 22.4. The second-order valence-electron chi connectivity index (χ2n) is 32.3. The maximum absolute atomic E-state index is 5.61. The van der Waals surface area contributed by atoms with Crippen LogP contribution in [-0.4, -0.2) is 28.4 Å². The molecule has 0 fully saturated rings. The minimum atomic E-state index is -0.136. The predicted molar refractivity (Wildman–Crippen MR) is 479 cm³/mol. The standard InChI is InChI=1S/2C52H52N2O2/c1-33-11-15-35(16-12-33)53(37-19-23-39(55-9)24-20-37)47-31-45(51(3,4)5)41-28-30-44-48(32-46(52(6,7)8)42-27-29-43(47)49(41)50(42)44)54(36-17-13-34(2)14-18-36)38-21-25-40(56-10)26-22-38;1-7-9-11-37-33-49(53(39-17-13-35(3)14-18-39)41-21-25-43(55-5)26-22-41)47-32-30-46-38(12-10-8-2)34-50(48-31-29-45(37)51(47)52(46)48)54(40-19-15-36(4)16-20-40)42-23-27-44(56-6)28-24-42/h11-32H,1-10H3;13-34H,7-12H2,1-6H3. The first kappa shape index (κ1) is 75.4. The number of nitrogens with zero attached hydrogens (tertiary/aromatic N) is 4. The number of aryl methyl sites for hydroxylation is 6. The van der Waals surface area contributed by atoms with Crippen LogP contribution in [0.3, 0.4) is 0 Å². The van der Waals surface area contributed by atoms with Crippen molar-refractivity contribution in [2.24, 2.45) is 0 Å². The fourth-order valence-electron chi connectivity index (χ4n) is 16.6. The van der Waals surface area contributed by atoms with Crippen molar-refractivity contribution in [2.75, 3.05) is 48.0 Å². The van der Waals surface area contributed by atoms with Gasteiger partial charge in [-0.1, -0.05) is 188 Å². The van der Waals surface area contributed by atoms with E-state index in [9.17, 15) is 0 Å². The van der Waals surface area contributed by atoms with E-state index in [2.05, 4.69) is 370 Å². The third kappa shape index (κ3) is 14.5. The summed E-state index contributed by atoms with van der Waals surface area (Å²) in [6.07, 6.45) is 6.55. The highest BCUT2D eigenvalue weighted by Crippen LogP contribution is 2.55. The lowest BCUT2D eigenvalue weighted by Crippen LogP contribution is -2.17. The molecule has 16 aromatic rings. The van der Waals surface area contributed by atoms with Crippen LogP contribution in [0.2, 0.25) is 0 Å². The summed E-state index contributed by atoms with van der Waals surface area (Å²) in [4.78, 5) is 9.72. The van der Waals surface area contributed by atoms with Gasteiger partial charge in [0.1, 0.15) is 23.0 Å². The van der Waals surface area contributed by atoms with Gasteiger partial charge in [-0.3, -0.25) is 0 Å². The van der Waals surface area contributed by atoms with E-state index in [1.54, 1.807) is 28.4 Å². The number of rotatable bonds is 22. The molecule has 0 aliphatic rings. The van der Waals surface area contributed by atoms with Crippen LogP contribution in [-0.2, 0) is 23.7 Å². The molecule has 0 amide bonds. The molecule has 0 radical (unpaired) electrons. The number of ether oxygens (including phenoxy) is 4. The Morgan fingerprint density at radius 3 is 0.652 bits per heavy atom. The summed E-state index contributed by atoms with van der Waals surface area (Å²) in [7, 11) is 6.90. The summed E-state index contributed by atoms with van der Waals surface area (Å²) in [5.41, 5.74) is 23.6. The number of hydrogen-bond donors (Lipinski definition) is 0. The van der Waals surface area contributed by atoms with E-state index < -0.39 is 0 Å². The Balaban J connectivity index is 0.000000177. The van der Waals surface area contributed by atoms with Crippen molar-refractivity contribution < 1.29 is 18.9 Å². The molecule has 8 heteroatoms. The van der Waals surface area contributed by atoms with Gasteiger partial charge in [0, 0.05) is 67.0 Å². The Morgan fingerprint density at radius 1 is 0.241 bits per heavy atom. The molecule has 8 nitrogen and oxygen atoms in total. The van der Waals surface area contributed by atoms with Gasteiger partial charge >= 0.3 is 0 Å².